The van der Waals surface area contributed by atoms with Crippen LogP contribution in [0, 0.1) is 6.92 Å². The third-order valence-corrected chi connectivity index (χ3v) is 4.39. The number of halogens is 1. The molecule has 0 fully saturated rings. The molecule has 0 spiro atoms. The van der Waals surface area contributed by atoms with Gasteiger partial charge in [-0.3, -0.25) is 9.89 Å². The highest BCUT2D eigenvalue weighted by atomic mass is 35.5. The summed E-state index contributed by atoms with van der Waals surface area (Å²) in [5, 5.41) is 7.02. The molecule has 1 aromatic carbocycles. The van der Waals surface area contributed by atoms with Crippen LogP contribution in [0.15, 0.2) is 41.3 Å². The van der Waals surface area contributed by atoms with Gasteiger partial charge in [0, 0.05) is 23.9 Å². The minimum atomic E-state index is -0.0639. The van der Waals surface area contributed by atoms with Gasteiger partial charge in [0.05, 0.1) is 16.4 Å². The van der Waals surface area contributed by atoms with Gasteiger partial charge in [-0.05, 0) is 43.2 Å². The zero-order valence-corrected chi connectivity index (χ0v) is 13.3. The summed E-state index contributed by atoms with van der Waals surface area (Å²) in [4.78, 5) is 17.2. The first kappa shape index (κ1) is 14.1. The number of aryl methyl sites for hydroxylation is 1. The highest BCUT2D eigenvalue weighted by molar-refractivity contribution is 6.32. The van der Waals surface area contributed by atoms with E-state index in [0.29, 0.717) is 23.7 Å². The number of hydrogen-bond acceptors (Lipinski definition) is 3. The standard InChI is InChI=1S/C17H15ClN4O/c1-10-4-5-13(18)14(9-10)22-17(23)12-6-8-20-16-11(15(12)21-22)3-2-7-19-16/h2-5,7,9,21H,6,8H2,1H3,(H,19,20). The maximum absolute atomic E-state index is 12.9. The second kappa shape index (κ2) is 5.28. The average molecular weight is 327 g/mol. The van der Waals surface area contributed by atoms with E-state index >= 15 is 0 Å². The van der Waals surface area contributed by atoms with Crippen molar-refractivity contribution >= 4 is 17.4 Å². The summed E-state index contributed by atoms with van der Waals surface area (Å²) in [5.74, 6) is 0.787. The van der Waals surface area contributed by atoms with Crippen molar-refractivity contribution in [1.29, 1.82) is 0 Å². The monoisotopic (exact) mass is 326 g/mol. The Morgan fingerprint density at radius 2 is 2.17 bits per heavy atom. The van der Waals surface area contributed by atoms with Crippen LogP contribution in [-0.2, 0) is 6.42 Å². The lowest BCUT2D eigenvalue weighted by molar-refractivity contribution is 0.844. The van der Waals surface area contributed by atoms with Crippen molar-refractivity contribution in [2.45, 2.75) is 13.3 Å². The number of pyridine rings is 1. The Balaban J connectivity index is 1.98. The number of hydrogen-bond donors (Lipinski definition) is 2. The molecule has 4 rings (SSSR count). The first-order valence-electron chi connectivity index (χ1n) is 7.45. The van der Waals surface area contributed by atoms with Crippen LogP contribution >= 0.6 is 11.6 Å². The quantitative estimate of drug-likeness (QED) is 0.722. The summed E-state index contributed by atoms with van der Waals surface area (Å²) in [7, 11) is 0. The molecule has 116 valence electrons. The van der Waals surface area contributed by atoms with E-state index in [4.69, 9.17) is 11.6 Å². The number of aromatic nitrogens is 3. The SMILES string of the molecule is Cc1ccc(Cl)c(-n2[nH]c3c(c2=O)CCNc2ncccc2-3)c1. The van der Waals surface area contributed by atoms with Crippen molar-refractivity contribution in [3.8, 4) is 16.9 Å². The molecule has 2 aromatic heterocycles. The minimum absolute atomic E-state index is 0.0639. The van der Waals surface area contributed by atoms with Gasteiger partial charge in [-0.2, -0.15) is 0 Å². The second-order valence-electron chi connectivity index (χ2n) is 5.64. The Kier molecular flexibility index (Phi) is 3.23. The van der Waals surface area contributed by atoms with E-state index in [1.165, 1.54) is 4.68 Å². The average Bonchev–Trinajstić information content (AvgIpc) is 2.76. The number of anilines is 1. The number of benzene rings is 1. The topological polar surface area (TPSA) is 62.7 Å². The molecule has 23 heavy (non-hydrogen) atoms. The molecule has 6 heteroatoms. The number of fused-ring (bicyclic) bond motifs is 3. The van der Waals surface area contributed by atoms with Crippen LogP contribution in [0.3, 0.4) is 0 Å². The van der Waals surface area contributed by atoms with Crippen LogP contribution in [-0.4, -0.2) is 21.3 Å². The molecule has 0 saturated heterocycles. The Morgan fingerprint density at radius 3 is 3.04 bits per heavy atom. The number of nitrogens with one attached hydrogen (secondary N) is 2. The maximum Gasteiger partial charge on any atom is 0.275 e. The summed E-state index contributed by atoms with van der Waals surface area (Å²) in [6.07, 6.45) is 2.38. The molecular formula is C17H15ClN4O. The van der Waals surface area contributed by atoms with Crippen molar-refractivity contribution in [1.82, 2.24) is 14.8 Å². The normalized spacial score (nSPS) is 13.0. The van der Waals surface area contributed by atoms with Crippen molar-refractivity contribution in [2.24, 2.45) is 0 Å². The molecule has 1 aliphatic heterocycles. The lowest BCUT2D eigenvalue weighted by atomic mass is 10.1. The predicted molar refractivity (Wildman–Crippen MR) is 91.6 cm³/mol. The second-order valence-corrected chi connectivity index (χ2v) is 6.04. The predicted octanol–water partition coefficient (Wildman–Crippen LogP) is 3.16. The molecule has 3 heterocycles. The molecule has 0 saturated carbocycles. The van der Waals surface area contributed by atoms with Gasteiger partial charge in [0.1, 0.15) is 5.82 Å². The van der Waals surface area contributed by atoms with E-state index in [0.717, 1.165) is 28.2 Å². The summed E-state index contributed by atoms with van der Waals surface area (Å²) < 4.78 is 1.53. The van der Waals surface area contributed by atoms with Crippen molar-refractivity contribution < 1.29 is 0 Å². The van der Waals surface area contributed by atoms with E-state index in [1.807, 2.05) is 37.3 Å². The van der Waals surface area contributed by atoms with Crippen molar-refractivity contribution in [3.63, 3.8) is 0 Å². The van der Waals surface area contributed by atoms with Gasteiger partial charge in [-0.1, -0.05) is 17.7 Å². The van der Waals surface area contributed by atoms with E-state index in [2.05, 4.69) is 15.4 Å². The molecular weight excluding hydrogens is 312 g/mol. The third kappa shape index (κ3) is 2.24. The van der Waals surface area contributed by atoms with Crippen molar-refractivity contribution in [2.75, 3.05) is 11.9 Å². The fourth-order valence-corrected chi connectivity index (χ4v) is 3.15. The smallest absolute Gasteiger partial charge is 0.275 e. The molecule has 0 amide bonds. The zero-order chi connectivity index (χ0) is 16.0. The van der Waals surface area contributed by atoms with Gasteiger partial charge in [-0.25, -0.2) is 9.67 Å². The van der Waals surface area contributed by atoms with Gasteiger partial charge in [0.2, 0.25) is 0 Å². The van der Waals surface area contributed by atoms with Crippen LogP contribution in [0.1, 0.15) is 11.1 Å². The Labute approximate surface area is 137 Å². The zero-order valence-electron chi connectivity index (χ0n) is 12.6. The van der Waals surface area contributed by atoms with Gasteiger partial charge in [0.25, 0.3) is 5.56 Å². The Bertz CT molecular complexity index is 957. The molecule has 3 aromatic rings. The molecule has 1 aliphatic rings. The molecule has 0 aliphatic carbocycles. The van der Waals surface area contributed by atoms with E-state index in [9.17, 15) is 4.79 Å². The summed E-state index contributed by atoms with van der Waals surface area (Å²) in [5.41, 5.74) is 4.11. The molecule has 0 radical (unpaired) electrons. The fraction of sp³-hybridized carbons (Fsp3) is 0.176. The van der Waals surface area contributed by atoms with Crippen LogP contribution in [0.4, 0.5) is 5.82 Å². The van der Waals surface area contributed by atoms with Crippen LogP contribution < -0.4 is 10.9 Å². The fourth-order valence-electron chi connectivity index (χ4n) is 2.94. The van der Waals surface area contributed by atoms with E-state index < -0.39 is 0 Å². The molecule has 2 N–H and O–H groups in total. The number of aromatic amines is 1. The third-order valence-electron chi connectivity index (χ3n) is 4.07. The lowest BCUT2D eigenvalue weighted by Crippen LogP contribution is -2.19. The summed E-state index contributed by atoms with van der Waals surface area (Å²) in [6.45, 7) is 2.65. The first-order chi connectivity index (χ1) is 11.1. The summed E-state index contributed by atoms with van der Waals surface area (Å²) in [6, 6.07) is 9.46. The minimum Gasteiger partial charge on any atom is -0.369 e. The van der Waals surface area contributed by atoms with Gasteiger partial charge < -0.3 is 5.32 Å². The highest BCUT2D eigenvalue weighted by Crippen LogP contribution is 2.30. The molecule has 0 unspecified atom stereocenters. The maximum atomic E-state index is 12.9. The molecule has 0 bridgehead atoms. The first-order valence-corrected chi connectivity index (χ1v) is 7.82. The van der Waals surface area contributed by atoms with Gasteiger partial charge in [0.15, 0.2) is 0 Å². The Hall–Kier alpha value is -2.53. The van der Waals surface area contributed by atoms with Crippen molar-refractivity contribution in [3.05, 3.63) is 63.0 Å². The van der Waals surface area contributed by atoms with Crippen LogP contribution in [0.2, 0.25) is 5.02 Å². The van der Waals surface area contributed by atoms with Crippen LogP contribution in [0.25, 0.3) is 16.9 Å². The van der Waals surface area contributed by atoms with E-state index in [-0.39, 0.29) is 5.56 Å². The molecule has 5 nitrogen and oxygen atoms in total. The lowest BCUT2D eigenvalue weighted by Gasteiger charge is -2.08. The number of nitrogens with zero attached hydrogens (tertiary/aromatic N) is 2. The largest absolute Gasteiger partial charge is 0.369 e. The molecule has 0 atom stereocenters. The van der Waals surface area contributed by atoms with Gasteiger partial charge in [-0.15, -0.1) is 0 Å². The van der Waals surface area contributed by atoms with Crippen LogP contribution in [0.5, 0.6) is 0 Å². The van der Waals surface area contributed by atoms with Gasteiger partial charge >= 0.3 is 0 Å². The number of rotatable bonds is 1. The number of H-pyrrole nitrogens is 1. The summed E-state index contributed by atoms with van der Waals surface area (Å²) >= 11 is 6.29. The van der Waals surface area contributed by atoms with E-state index in [1.54, 1.807) is 6.20 Å². The highest BCUT2D eigenvalue weighted by Gasteiger charge is 2.22. The Morgan fingerprint density at radius 1 is 1.30 bits per heavy atom.